The number of carbonyl (C=O) groups is 2. The fourth-order valence-electron chi connectivity index (χ4n) is 4.20. The summed E-state index contributed by atoms with van der Waals surface area (Å²) in [5.41, 5.74) is 4.58. The average Bonchev–Trinajstić information content (AvgIpc) is 2.96. The summed E-state index contributed by atoms with van der Waals surface area (Å²) in [7, 11) is 0. The van der Waals surface area contributed by atoms with Gasteiger partial charge in [-0.25, -0.2) is 0 Å². The number of anilines is 2. The second kappa shape index (κ2) is 7.59. The summed E-state index contributed by atoms with van der Waals surface area (Å²) in [6, 6.07) is 20.3. The van der Waals surface area contributed by atoms with Gasteiger partial charge >= 0.3 is 0 Å². The Morgan fingerprint density at radius 1 is 0.933 bits per heavy atom. The molecule has 0 amide bonds. The van der Waals surface area contributed by atoms with Crippen molar-refractivity contribution < 1.29 is 9.59 Å². The number of Topliss-reactive ketones (excluding diaryl/α,β-unsaturated/α-hetero) is 1. The molecule has 0 saturated carbocycles. The summed E-state index contributed by atoms with van der Waals surface area (Å²) < 4.78 is 0. The zero-order valence-electron chi connectivity index (χ0n) is 16.3. The van der Waals surface area contributed by atoms with E-state index in [4.69, 9.17) is 0 Å². The van der Waals surface area contributed by atoms with E-state index >= 15 is 0 Å². The number of pyridine rings is 1. The van der Waals surface area contributed by atoms with E-state index in [1.54, 1.807) is 6.20 Å². The van der Waals surface area contributed by atoms with Crippen molar-refractivity contribution in [1.29, 1.82) is 0 Å². The molecule has 2 atom stereocenters. The molecule has 0 spiro atoms. The van der Waals surface area contributed by atoms with E-state index in [0.717, 1.165) is 22.8 Å². The molecule has 5 rings (SSSR count). The van der Waals surface area contributed by atoms with E-state index in [2.05, 4.69) is 21.7 Å². The van der Waals surface area contributed by atoms with Gasteiger partial charge in [0.05, 0.1) is 29.0 Å². The van der Waals surface area contributed by atoms with Crippen molar-refractivity contribution in [3.8, 4) is 0 Å². The zero-order valence-corrected chi connectivity index (χ0v) is 16.3. The quantitative estimate of drug-likeness (QED) is 0.626. The van der Waals surface area contributed by atoms with E-state index < -0.39 is 0 Å². The van der Waals surface area contributed by atoms with Gasteiger partial charge in [0.15, 0.2) is 5.78 Å². The molecule has 148 valence electrons. The van der Waals surface area contributed by atoms with Gasteiger partial charge in [0.2, 0.25) is 0 Å². The highest BCUT2D eigenvalue weighted by Gasteiger charge is 2.37. The molecule has 0 fully saturated rings. The summed E-state index contributed by atoms with van der Waals surface area (Å²) in [6.07, 6.45) is 5.07. The molecular formula is C25H21N3O2. The fraction of sp³-hybridized carbons (Fsp3) is 0.160. The summed E-state index contributed by atoms with van der Waals surface area (Å²) in [5, 5.41) is 6.95. The minimum atomic E-state index is -0.339. The van der Waals surface area contributed by atoms with Gasteiger partial charge in [0, 0.05) is 29.4 Å². The molecule has 0 unspecified atom stereocenters. The number of hydrogen-bond donors (Lipinski definition) is 2. The van der Waals surface area contributed by atoms with Crippen molar-refractivity contribution in [2.75, 3.05) is 10.6 Å². The lowest BCUT2D eigenvalue weighted by molar-refractivity contribution is -0.122. The smallest absolute Gasteiger partial charge is 0.193 e. The second-order valence-electron chi connectivity index (χ2n) is 7.60. The first-order valence-corrected chi connectivity index (χ1v) is 10.1. The highest BCUT2D eigenvalue weighted by Crippen LogP contribution is 2.41. The molecule has 5 nitrogen and oxygen atoms in total. The lowest BCUT2D eigenvalue weighted by Gasteiger charge is -2.28. The van der Waals surface area contributed by atoms with Crippen LogP contribution in [0.5, 0.6) is 0 Å². The minimum Gasteiger partial charge on any atom is -0.374 e. The monoisotopic (exact) mass is 395 g/mol. The third kappa shape index (κ3) is 3.28. The van der Waals surface area contributed by atoms with E-state index in [0.29, 0.717) is 24.0 Å². The molecule has 2 heterocycles. The van der Waals surface area contributed by atoms with Crippen LogP contribution in [0.4, 0.5) is 11.4 Å². The van der Waals surface area contributed by atoms with Gasteiger partial charge in [0.25, 0.3) is 0 Å². The first-order valence-electron chi connectivity index (χ1n) is 10.1. The van der Waals surface area contributed by atoms with Crippen LogP contribution in [-0.4, -0.2) is 16.6 Å². The molecule has 1 aliphatic carbocycles. The third-order valence-corrected chi connectivity index (χ3v) is 5.68. The molecule has 1 aromatic heterocycles. The number of nitrogens with zero attached hydrogens (tertiary/aromatic N) is 1. The second-order valence-corrected chi connectivity index (χ2v) is 7.60. The van der Waals surface area contributed by atoms with Crippen LogP contribution in [0.15, 0.2) is 84.7 Å². The fourth-order valence-corrected chi connectivity index (χ4v) is 4.20. The Morgan fingerprint density at radius 3 is 2.57 bits per heavy atom. The van der Waals surface area contributed by atoms with E-state index in [9.17, 15) is 9.59 Å². The van der Waals surface area contributed by atoms with Gasteiger partial charge in [-0.15, -0.1) is 0 Å². The molecule has 1 aliphatic heterocycles. The average molecular weight is 395 g/mol. The Hall–Kier alpha value is -3.73. The number of benzene rings is 2. The highest BCUT2D eigenvalue weighted by atomic mass is 16.1. The SMILES string of the molecule is O=C(c1ccccc1)c1ccc2c(c1)NC1=CCCC(=O)[C@@H]1[C@@H](c1ccccn1)N2. The summed E-state index contributed by atoms with van der Waals surface area (Å²) in [4.78, 5) is 30.3. The van der Waals surface area contributed by atoms with Crippen molar-refractivity contribution in [2.24, 2.45) is 5.92 Å². The van der Waals surface area contributed by atoms with Crippen LogP contribution in [0.3, 0.4) is 0 Å². The molecule has 3 aromatic rings. The largest absolute Gasteiger partial charge is 0.374 e. The molecule has 2 N–H and O–H groups in total. The molecule has 2 aromatic carbocycles. The summed E-state index contributed by atoms with van der Waals surface area (Å²) in [6.45, 7) is 0. The van der Waals surface area contributed by atoms with Crippen LogP contribution >= 0.6 is 0 Å². The van der Waals surface area contributed by atoms with Gasteiger partial charge in [-0.05, 0) is 36.8 Å². The maximum atomic E-state index is 12.9. The van der Waals surface area contributed by atoms with E-state index in [1.807, 2.05) is 66.7 Å². The molecule has 5 heteroatoms. The van der Waals surface area contributed by atoms with Crippen molar-refractivity contribution >= 4 is 22.9 Å². The molecule has 0 radical (unpaired) electrons. The maximum absolute atomic E-state index is 12.9. The molecule has 30 heavy (non-hydrogen) atoms. The molecular weight excluding hydrogens is 374 g/mol. The van der Waals surface area contributed by atoms with Gasteiger partial charge in [-0.3, -0.25) is 14.6 Å². The van der Waals surface area contributed by atoms with Crippen LogP contribution in [0.2, 0.25) is 0 Å². The normalized spacial score (nSPS) is 20.0. The third-order valence-electron chi connectivity index (χ3n) is 5.68. The highest BCUT2D eigenvalue weighted by molar-refractivity contribution is 6.10. The van der Waals surface area contributed by atoms with Crippen molar-refractivity contribution in [3.63, 3.8) is 0 Å². The topological polar surface area (TPSA) is 71.1 Å². The van der Waals surface area contributed by atoms with Gasteiger partial charge < -0.3 is 10.6 Å². The molecule has 2 aliphatic rings. The van der Waals surface area contributed by atoms with Crippen LogP contribution in [0.1, 0.15) is 40.5 Å². The number of ketones is 2. The lowest BCUT2D eigenvalue weighted by Crippen LogP contribution is -2.32. The predicted molar refractivity (Wildman–Crippen MR) is 116 cm³/mol. The van der Waals surface area contributed by atoms with Crippen molar-refractivity contribution in [3.05, 3.63) is 102 Å². The minimum absolute atomic E-state index is 0.0315. The number of rotatable bonds is 3. The van der Waals surface area contributed by atoms with Crippen LogP contribution in [-0.2, 0) is 4.79 Å². The first-order chi connectivity index (χ1) is 14.7. The lowest BCUT2D eigenvalue weighted by atomic mass is 9.83. The van der Waals surface area contributed by atoms with Gasteiger partial charge in [-0.1, -0.05) is 42.5 Å². The summed E-state index contributed by atoms with van der Waals surface area (Å²) >= 11 is 0. The Bertz CT molecular complexity index is 1140. The van der Waals surface area contributed by atoms with Crippen LogP contribution < -0.4 is 10.6 Å². The number of aromatic nitrogens is 1. The predicted octanol–water partition coefficient (Wildman–Crippen LogP) is 4.75. The Balaban J connectivity index is 1.57. The van der Waals surface area contributed by atoms with Crippen molar-refractivity contribution in [2.45, 2.75) is 18.9 Å². The van der Waals surface area contributed by atoms with E-state index in [1.165, 1.54) is 0 Å². The number of nitrogens with one attached hydrogen (secondary N) is 2. The standard InChI is InChI=1S/C25H21N3O2/c29-22-11-6-10-19-23(22)24(20-9-4-5-14-26-20)28-18-13-12-17(15-21(18)27-19)25(30)16-7-2-1-3-8-16/h1-5,7-10,12-15,23-24,27-28H,6,11H2/t23-,24-/m1/s1. The first kappa shape index (κ1) is 18.3. The zero-order chi connectivity index (χ0) is 20.5. The van der Waals surface area contributed by atoms with Crippen LogP contribution in [0, 0.1) is 5.92 Å². The Kier molecular flexibility index (Phi) is 4.64. The Labute approximate surface area is 174 Å². The van der Waals surface area contributed by atoms with Gasteiger partial charge in [0.1, 0.15) is 5.78 Å². The number of carbonyl (C=O) groups excluding carboxylic acids is 2. The van der Waals surface area contributed by atoms with Crippen LogP contribution in [0.25, 0.3) is 0 Å². The number of hydrogen-bond acceptors (Lipinski definition) is 5. The molecule has 0 saturated heterocycles. The number of fused-ring (bicyclic) bond motifs is 2. The maximum Gasteiger partial charge on any atom is 0.193 e. The Morgan fingerprint density at radius 2 is 1.77 bits per heavy atom. The van der Waals surface area contributed by atoms with E-state index in [-0.39, 0.29) is 23.5 Å². The summed E-state index contributed by atoms with van der Waals surface area (Å²) in [5.74, 6) is -0.179. The van der Waals surface area contributed by atoms with Gasteiger partial charge in [-0.2, -0.15) is 0 Å². The number of allylic oxidation sites excluding steroid dienone is 1. The molecule has 0 bridgehead atoms. The van der Waals surface area contributed by atoms with Crippen molar-refractivity contribution in [1.82, 2.24) is 4.98 Å².